The van der Waals surface area contributed by atoms with Crippen molar-refractivity contribution in [3.63, 3.8) is 0 Å². The lowest BCUT2D eigenvalue weighted by molar-refractivity contribution is -0.183. The quantitative estimate of drug-likeness (QED) is 0.122. The number of ether oxygens (including phenoxy) is 1. The van der Waals surface area contributed by atoms with Crippen LogP contribution < -0.4 is 4.74 Å². The summed E-state index contributed by atoms with van der Waals surface area (Å²) in [6, 6.07) is 10.8. The Morgan fingerprint density at radius 1 is 0.833 bits per heavy atom. The van der Waals surface area contributed by atoms with Crippen molar-refractivity contribution in [3.8, 4) is 17.0 Å². The maximum atomic E-state index is 13.3. The molecule has 1 heterocycles. The second-order valence-electron chi connectivity index (χ2n) is 9.71. The molecule has 0 amide bonds. The third-order valence-corrected chi connectivity index (χ3v) is 6.56. The second-order valence-corrected chi connectivity index (χ2v) is 9.71. The summed E-state index contributed by atoms with van der Waals surface area (Å²) in [7, 11) is 0. The molecule has 0 saturated carbocycles. The predicted molar refractivity (Wildman–Crippen MR) is 140 cm³/mol. The first-order valence-corrected chi connectivity index (χ1v) is 13.7. The minimum Gasteiger partial charge on any atom is -0.427 e. The normalized spacial score (nSPS) is 12.5. The summed E-state index contributed by atoms with van der Waals surface area (Å²) in [5, 5.41) is 0. The van der Waals surface area contributed by atoms with Crippen LogP contribution in [0, 0.1) is 5.92 Å². The molecule has 1 unspecified atom stereocenters. The maximum Gasteiger partial charge on any atom is 0.392 e. The molecule has 3 nitrogen and oxygen atoms in total. The van der Waals surface area contributed by atoms with Crippen LogP contribution in [0.3, 0.4) is 0 Å². The molecule has 6 heteroatoms. The standard InChI is InChI=1S/C30H42F3NO2/c1-3-5-7-9-10-11-12-14-24-16-21-28(34-23-24)25-17-19-27(20-18-25)36-29(35)22-26(30(31,32)33)15-13-8-6-4-2/h16-21,23,26H,3-15,22H2,1-2H3. The monoisotopic (exact) mass is 505 g/mol. The van der Waals surface area contributed by atoms with Crippen LogP contribution in [0.4, 0.5) is 13.2 Å². The summed E-state index contributed by atoms with van der Waals surface area (Å²) in [4.78, 5) is 16.7. The zero-order valence-electron chi connectivity index (χ0n) is 21.9. The van der Waals surface area contributed by atoms with Crippen LogP contribution in [0.15, 0.2) is 42.6 Å². The fourth-order valence-corrected chi connectivity index (χ4v) is 4.30. The summed E-state index contributed by atoms with van der Waals surface area (Å²) in [6.45, 7) is 4.24. The van der Waals surface area contributed by atoms with E-state index < -0.39 is 24.5 Å². The van der Waals surface area contributed by atoms with Gasteiger partial charge >= 0.3 is 12.1 Å². The Labute approximate surface area is 214 Å². The molecule has 0 N–H and O–H groups in total. The van der Waals surface area contributed by atoms with Crippen LogP contribution in [0.1, 0.15) is 103 Å². The maximum absolute atomic E-state index is 13.3. The molecule has 0 bridgehead atoms. The molecule has 1 atom stereocenters. The number of hydrogen-bond donors (Lipinski definition) is 0. The van der Waals surface area contributed by atoms with Gasteiger partial charge < -0.3 is 4.74 Å². The second kappa shape index (κ2) is 16.4. The summed E-state index contributed by atoms with van der Waals surface area (Å²) < 4.78 is 45.2. The highest BCUT2D eigenvalue weighted by atomic mass is 19.4. The minimum absolute atomic E-state index is 0.0435. The average Bonchev–Trinajstić information content (AvgIpc) is 2.85. The van der Waals surface area contributed by atoms with Gasteiger partial charge in [0, 0.05) is 11.8 Å². The number of aryl methyl sites for hydroxylation is 1. The Hall–Kier alpha value is -2.37. The third kappa shape index (κ3) is 11.6. The van der Waals surface area contributed by atoms with Gasteiger partial charge in [0.25, 0.3) is 0 Å². The number of alkyl halides is 3. The van der Waals surface area contributed by atoms with Gasteiger partial charge in [0.2, 0.25) is 0 Å². The van der Waals surface area contributed by atoms with Crippen molar-refractivity contribution >= 4 is 5.97 Å². The van der Waals surface area contributed by atoms with E-state index in [0.717, 1.165) is 36.9 Å². The zero-order valence-corrected chi connectivity index (χ0v) is 21.9. The summed E-state index contributed by atoms with van der Waals surface area (Å²) in [6.07, 6.45) is 9.83. The summed E-state index contributed by atoms with van der Waals surface area (Å²) >= 11 is 0. The van der Waals surface area contributed by atoms with E-state index in [-0.39, 0.29) is 12.2 Å². The molecule has 1 aromatic carbocycles. The average molecular weight is 506 g/mol. The molecular formula is C30H42F3NO2. The molecule has 0 aliphatic carbocycles. The highest BCUT2D eigenvalue weighted by molar-refractivity contribution is 5.73. The first kappa shape index (κ1) is 29.9. The number of unbranched alkanes of at least 4 members (excludes halogenated alkanes) is 9. The Morgan fingerprint density at radius 2 is 1.44 bits per heavy atom. The molecule has 2 rings (SSSR count). The lowest BCUT2D eigenvalue weighted by atomic mass is 9.97. The van der Waals surface area contributed by atoms with E-state index in [1.807, 2.05) is 19.2 Å². The van der Waals surface area contributed by atoms with Gasteiger partial charge in [-0.2, -0.15) is 13.2 Å². The van der Waals surface area contributed by atoms with E-state index in [4.69, 9.17) is 4.74 Å². The number of halogens is 3. The van der Waals surface area contributed by atoms with Crippen molar-refractivity contribution in [2.24, 2.45) is 5.92 Å². The van der Waals surface area contributed by atoms with E-state index in [9.17, 15) is 18.0 Å². The van der Waals surface area contributed by atoms with Crippen molar-refractivity contribution in [2.45, 2.75) is 110 Å². The highest BCUT2D eigenvalue weighted by Crippen LogP contribution is 2.33. The van der Waals surface area contributed by atoms with Crippen LogP contribution in [0.2, 0.25) is 0 Å². The molecule has 0 spiro atoms. The molecule has 2 aromatic rings. The fourth-order valence-electron chi connectivity index (χ4n) is 4.30. The third-order valence-electron chi connectivity index (χ3n) is 6.56. The van der Waals surface area contributed by atoms with Gasteiger partial charge in [-0.05, 0) is 55.2 Å². The smallest absolute Gasteiger partial charge is 0.392 e. The molecular weight excluding hydrogens is 463 g/mol. The number of nitrogens with zero attached hydrogens (tertiary/aromatic N) is 1. The first-order valence-electron chi connectivity index (χ1n) is 13.7. The topological polar surface area (TPSA) is 39.2 Å². The Morgan fingerprint density at radius 3 is 2.03 bits per heavy atom. The van der Waals surface area contributed by atoms with Crippen LogP contribution in [0.25, 0.3) is 11.3 Å². The summed E-state index contributed by atoms with van der Waals surface area (Å²) in [5.74, 6) is -2.27. The Balaban J connectivity index is 1.81. The highest BCUT2D eigenvalue weighted by Gasteiger charge is 2.40. The number of hydrogen-bond acceptors (Lipinski definition) is 3. The van der Waals surface area contributed by atoms with Crippen molar-refractivity contribution in [1.82, 2.24) is 4.98 Å². The van der Waals surface area contributed by atoms with Gasteiger partial charge in [0.15, 0.2) is 0 Å². The molecule has 0 saturated heterocycles. The van der Waals surface area contributed by atoms with E-state index in [1.54, 1.807) is 24.3 Å². The van der Waals surface area contributed by atoms with Gasteiger partial charge in [-0.15, -0.1) is 0 Å². The molecule has 0 aliphatic rings. The Kier molecular flexibility index (Phi) is 13.6. The van der Waals surface area contributed by atoms with E-state index in [0.29, 0.717) is 6.42 Å². The fraction of sp³-hybridized carbons (Fsp3) is 0.600. The molecule has 200 valence electrons. The van der Waals surface area contributed by atoms with E-state index in [1.165, 1.54) is 50.5 Å². The molecule has 1 aromatic heterocycles. The summed E-state index contributed by atoms with van der Waals surface area (Å²) in [5.41, 5.74) is 2.88. The largest absolute Gasteiger partial charge is 0.427 e. The van der Waals surface area contributed by atoms with Crippen molar-refractivity contribution in [1.29, 1.82) is 0 Å². The number of rotatable bonds is 17. The van der Waals surface area contributed by atoms with Gasteiger partial charge in [-0.1, -0.05) is 84.1 Å². The lowest BCUT2D eigenvalue weighted by Crippen LogP contribution is -2.27. The SMILES string of the molecule is CCCCCCCCCc1ccc(-c2ccc(OC(=O)CC(CCCCCC)C(F)(F)F)cc2)nc1. The van der Waals surface area contributed by atoms with Crippen LogP contribution >= 0.6 is 0 Å². The van der Waals surface area contributed by atoms with Crippen LogP contribution in [-0.4, -0.2) is 17.1 Å². The van der Waals surface area contributed by atoms with Crippen molar-refractivity contribution < 1.29 is 22.7 Å². The number of pyridine rings is 1. The number of esters is 1. The van der Waals surface area contributed by atoms with Gasteiger partial charge in [0.1, 0.15) is 5.75 Å². The van der Waals surface area contributed by atoms with Crippen LogP contribution in [0.5, 0.6) is 5.75 Å². The van der Waals surface area contributed by atoms with E-state index >= 15 is 0 Å². The minimum atomic E-state index is -4.40. The van der Waals surface area contributed by atoms with Gasteiger partial charge in [0.05, 0.1) is 18.0 Å². The van der Waals surface area contributed by atoms with Crippen molar-refractivity contribution in [2.75, 3.05) is 0 Å². The van der Waals surface area contributed by atoms with Gasteiger partial charge in [-0.25, -0.2) is 0 Å². The number of benzene rings is 1. The van der Waals surface area contributed by atoms with Crippen LogP contribution in [-0.2, 0) is 11.2 Å². The lowest BCUT2D eigenvalue weighted by Gasteiger charge is -2.19. The molecule has 0 radical (unpaired) electrons. The zero-order chi connectivity index (χ0) is 26.2. The predicted octanol–water partition coefficient (Wildman–Crippen LogP) is 9.49. The number of carbonyl (C=O) groups excluding carboxylic acids is 1. The van der Waals surface area contributed by atoms with Gasteiger partial charge in [-0.3, -0.25) is 9.78 Å². The van der Waals surface area contributed by atoms with E-state index in [2.05, 4.69) is 18.0 Å². The first-order chi connectivity index (χ1) is 17.3. The Bertz CT molecular complexity index is 863. The number of carbonyl (C=O) groups is 1. The molecule has 0 aliphatic heterocycles. The number of aromatic nitrogens is 1. The molecule has 0 fully saturated rings. The molecule has 36 heavy (non-hydrogen) atoms. The van der Waals surface area contributed by atoms with Crippen molar-refractivity contribution in [3.05, 3.63) is 48.2 Å².